The van der Waals surface area contributed by atoms with Crippen LogP contribution in [0.25, 0.3) is 0 Å². The van der Waals surface area contributed by atoms with Crippen molar-refractivity contribution >= 4 is 30.3 Å². The molecule has 10 heteroatoms. The fourth-order valence-electron chi connectivity index (χ4n) is 3.82. The molecule has 1 fully saturated rings. The molecule has 2 aromatic rings. The van der Waals surface area contributed by atoms with Crippen molar-refractivity contribution in [3.8, 4) is 0 Å². The van der Waals surface area contributed by atoms with Crippen molar-refractivity contribution < 1.29 is 24.0 Å². The highest BCUT2D eigenvalue weighted by Crippen LogP contribution is 2.16. The predicted molar refractivity (Wildman–Crippen MR) is 115 cm³/mol. The summed E-state index contributed by atoms with van der Waals surface area (Å²) in [5, 5.41) is 15.8. The van der Waals surface area contributed by atoms with E-state index in [-0.39, 0.29) is 13.2 Å². The van der Waals surface area contributed by atoms with Crippen LogP contribution in [0, 0.1) is 6.92 Å². The second-order valence-corrected chi connectivity index (χ2v) is 7.54. The van der Waals surface area contributed by atoms with Crippen LogP contribution in [0.2, 0.25) is 0 Å². The first kappa shape index (κ1) is 21.3. The number of aromatic nitrogens is 1. The summed E-state index contributed by atoms with van der Waals surface area (Å²) in [7, 11) is -1.03. The molecule has 4 rings (SSSR count). The number of piperazine rings is 1. The summed E-state index contributed by atoms with van der Waals surface area (Å²) in [6.45, 7) is 5.44. The molecule has 0 unspecified atom stereocenters. The molecule has 0 saturated carbocycles. The Kier molecular flexibility index (Phi) is 6.50. The molecule has 1 aromatic carbocycles. The molecule has 9 nitrogen and oxygen atoms in total. The molecule has 2 aliphatic heterocycles. The Balaban J connectivity index is 1.29. The molecule has 0 spiro atoms. The topological polar surface area (TPSA) is 113 Å². The zero-order valence-corrected chi connectivity index (χ0v) is 17.4. The molecule has 0 atom stereocenters. The van der Waals surface area contributed by atoms with Crippen molar-refractivity contribution in [2.24, 2.45) is 0 Å². The quantitative estimate of drug-likeness (QED) is 0.420. The van der Waals surface area contributed by atoms with E-state index in [1.807, 2.05) is 12.1 Å². The van der Waals surface area contributed by atoms with E-state index in [2.05, 4.69) is 20.5 Å². The molecule has 162 valence electrons. The molecule has 3 N–H and O–H groups in total. The van der Waals surface area contributed by atoms with Crippen molar-refractivity contribution in [1.29, 1.82) is 0 Å². The molecule has 0 radical (unpaired) electrons. The van der Waals surface area contributed by atoms with Crippen LogP contribution in [-0.2, 0) is 27.4 Å². The summed E-state index contributed by atoms with van der Waals surface area (Å²) in [4.78, 5) is 31.4. The number of carbonyl (C=O) groups is 2. The lowest BCUT2D eigenvalue weighted by molar-refractivity contribution is -0.143. The van der Waals surface area contributed by atoms with Crippen molar-refractivity contribution in [3.63, 3.8) is 0 Å². The number of hydrogen-bond donors (Lipinski definition) is 3. The van der Waals surface area contributed by atoms with E-state index in [1.54, 1.807) is 25.1 Å². The number of pyridine rings is 1. The molecule has 2 aliphatic rings. The highest BCUT2D eigenvalue weighted by Gasteiger charge is 2.31. The molecule has 31 heavy (non-hydrogen) atoms. The number of benzene rings is 1. The summed E-state index contributed by atoms with van der Waals surface area (Å²) in [6, 6.07) is 9.06. The number of hydrogen-bond acceptors (Lipinski definition) is 8. The van der Waals surface area contributed by atoms with Crippen LogP contribution < -0.4 is 21.0 Å². The Labute approximate surface area is 180 Å². The van der Waals surface area contributed by atoms with Crippen LogP contribution in [0.15, 0.2) is 30.3 Å². The van der Waals surface area contributed by atoms with Crippen LogP contribution >= 0.6 is 0 Å². The number of ether oxygens (including phenoxy) is 1. The number of nitrogens with zero attached hydrogens (tertiary/aromatic N) is 2. The minimum atomic E-state index is -1.03. The lowest BCUT2D eigenvalue weighted by atomic mass is 9.75. The molecular weight excluding hydrogens is 399 g/mol. The molecule has 1 amide bonds. The average Bonchev–Trinajstić information content (AvgIpc) is 3.18. The maximum Gasteiger partial charge on any atom is 0.492 e. The predicted octanol–water partition coefficient (Wildman–Crippen LogP) is -0.509. The van der Waals surface area contributed by atoms with Crippen LogP contribution in [-0.4, -0.2) is 61.7 Å². The third-order valence-electron chi connectivity index (χ3n) is 5.50. The summed E-state index contributed by atoms with van der Waals surface area (Å²) in [5.74, 6) is -0.0957. The Morgan fingerprint density at radius 1 is 1.29 bits per heavy atom. The van der Waals surface area contributed by atoms with Crippen molar-refractivity contribution in [3.05, 3.63) is 52.7 Å². The van der Waals surface area contributed by atoms with Gasteiger partial charge in [-0.1, -0.05) is 12.1 Å². The van der Waals surface area contributed by atoms with Gasteiger partial charge < -0.3 is 29.9 Å². The van der Waals surface area contributed by atoms with Gasteiger partial charge in [0.05, 0.1) is 12.3 Å². The Hall–Kier alpha value is -2.95. The molecule has 0 aliphatic carbocycles. The van der Waals surface area contributed by atoms with Gasteiger partial charge in [-0.3, -0.25) is 9.59 Å². The van der Waals surface area contributed by atoms with Gasteiger partial charge in [-0.05, 0) is 41.7 Å². The number of carbonyl (C=O) groups excluding carboxylic acids is 2. The highest BCUT2D eigenvalue weighted by molar-refractivity contribution is 6.62. The third-order valence-corrected chi connectivity index (χ3v) is 5.50. The third kappa shape index (κ3) is 4.87. The molecular formula is C21H25BN4O5. The fraction of sp³-hybridized carbons (Fsp3) is 0.381. The number of anilines is 1. The van der Waals surface area contributed by atoms with Crippen molar-refractivity contribution in [2.75, 3.05) is 37.6 Å². The standard InChI is InChI=1S/C21H25BN4O5/c1-14-17(6-5-15-12-31-22(29)20(14)15)21(28)24-11-19(27)30-13-16-3-2-4-18(25-16)26-9-7-23-8-10-26/h2-6,23,29H,7-13H2,1H3,(H,24,28). The normalized spacial score (nSPS) is 15.5. The summed E-state index contributed by atoms with van der Waals surface area (Å²) in [6.07, 6.45) is 0. The van der Waals surface area contributed by atoms with Gasteiger partial charge in [0.25, 0.3) is 5.91 Å². The van der Waals surface area contributed by atoms with E-state index in [9.17, 15) is 14.6 Å². The van der Waals surface area contributed by atoms with Gasteiger partial charge in [0, 0.05) is 31.7 Å². The summed E-state index contributed by atoms with van der Waals surface area (Å²) >= 11 is 0. The first-order valence-electron chi connectivity index (χ1n) is 10.3. The number of nitrogens with one attached hydrogen (secondary N) is 2. The first-order chi connectivity index (χ1) is 15.0. The monoisotopic (exact) mass is 424 g/mol. The molecule has 3 heterocycles. The van der Waals surface area contributed by atoms with E-state index >= 15 is 0 Å². The van der Waals surface area contributed by atoms with Crippen LogP contribution in [0.5, 0.6) is 0 Å². The van der Waals surface area contributed by atoms with Crippen LogP contribution in [0.3, 0.4) is 0 Å². The van der Waals surface area contributed by atoms with Gasteiger partial charge in [-0.25, -0.2) is 4.98 Å². The van der Waals surface area contributed by atoms with E-state index < -0.39 is 19.0 Å². The Morgan fingerprint density at radius 3 is 2.90 bits per heavy atom. The molecule has 1 saturated heterocycles. The van der Waals surface area contributed by atoms with Gasteiger partial charge >= 0.3 is 13.1 Å². The van der Waals surface area contributed by atoms with Gasteiger partial charge in [-0.2, -0.15) is 0 Å². The lowest BCUT2D eigenvalue weighted by Gasteiger charge is -2.28. The fourth-order valence-corrected chi connectivity index (χ4v) is 3.82. The van der Waals surface area contributed by atoms with E-state index in [4.69, 9.17) is 9.39 Å². The average molecular weight is 424 g/mol. The second-order valence-electron chi connectivity index (χ2n) is 7.54. The summed E-state index contributed by atoms with van der Waals surface area (Å²) < 4.78 is 10.5. The van der Waals surface area contributed by atoms with Gasteiger partial charge in [0.15, 0.2) is 0 Å². The van der Waals surface area contributed by atoms with Crippen molar-refractivity contribution in [1.82, 2.24) is 15.6 Å². The minimum Gasteiger partial charge on any atom is -0.458 e. The summed E-state index contributed by atoms with van der Waals surface area (Å²) in [5.41, 5.74) is 3.16. The van der Waals surface area contributed by atoms with Gasteiger partial charge in [0.2, 0.25) is 0 Å². The van der Waals surface area contributed by atoms with E-state index in [0.717, 1.165) is 37.6 Å². The van der Waals surface area contributed by atoms with Gasteiger partial charge in [-0.15, -0.1) is 0 Å². The largest absolute Gasteiger partial charge is 0.492 e. The zero-order chi connectivity index (χ0) is 21.8. The first-order valence-corrected chi connectivity index (χ1v) is 10.3. The van der Waals surface area contributed by atoms with Gasteiger partial charge in [0.1, 0.15) is 19.0 Å². The molecule has 1 aromatic heterocycles. The number of esters is 1. The SMILES string of the molecule is Cc1c(C(=O)NCC(=O)OCc2cccc(N3CCNCC3)n2)ccc2c1B(O)OC2. The minimum absolute atomic E-state index is 0.0377. The lowest BCUT2D eigenvalue weighted by Crippen LogP contribution is -2.43. The highest BCUT2D eigenvalue weighted by atomic mass is 16.5. The van der Waals surface area contributed by atoms with E-state index in [1.165, 1.54) is 0 Å². The van der Waals surface area contributed by atoms with E-state index in [0.29, 0.717) is 28.9 Å². The Morgan fingerprint density at radius 2 is 2.10 bits per heavy atom. The zero-order valence-electron chi connectivity index (χ0n) is 17.4. The number of rotatable bonds is 6. The second kappa shape index (κ2) is 9.46. The Bertz CT molecular complexity index is 980. The number of fused-ring (bicyclic) bond motifs is 1. The maximum atomic E-state index is 12.5. The van der Waals surface area contributed by atoms with Crippen molar-refractivity contribution in [2.45, 2.75) is 20.1 Å². The van der Waals surface area contributed by atoms with Crippen LogP contribution in [0.4, 0.5) is 5.82 Å². The smallest absolute Gasteiger partial charge is 0.458 e. The van der Waals surface area contributed by atoms with Crippen LogP contribution in [0.1, 0.15) is 27.2 Å². The maximum absolute atomic E-state index is 12.5. The molecule has 0 bridgehead atoms. The number of amides is 1.